The van der Waals surface area contributed by atoms with Crippen molar-refractivity contribution in [2.75, 3.05) is 25.5 Å². The SMILES string of the molecule is Nc1cccc(OCC(=O)NCCCO)c1. The summed E-state index contributed by atoms with van der Waals surface area (Å²) in [6.07, 6.45) is 0.546. The Labute approximate surface area is 94.2 Å². The third-order valence-corrected chi connectivity index (χ3v) is 1.89. The summed E-state index contributed by atoms with van der Waals surface area (Å²) in [5.74, 6) is 0.355. The Bertz CT molecular complexity index is 342. The molecule has 16 heavy (non-hydrogen) atoms. The molecule has 1 rings (SSSR count). The molecule has 0 aromatic heterocycles. The lowest BCUT2D eigenvalue weighted by Crippen LogP contribution is -2.30. The van der Waals surface area contributed by atoms with Gasteiger partial charge in [0.2, 0.25) is 0 Å². The van der Waals surface area contributed by atoms with E-state index in [1.54, 1.807) is 24.3 Å². The molecule has 0 fully saturated rings. The maximum absolute atomic E-state index is 11.2. The first kappa shape index (κ1) is 12.3. The quantitative estimate of drug-likeness (QED) is 0.474. The largest absolute Gasteiger partial charge is 0.484 e. The fourth-order valence-corrected chi connectivity index (χ4v) is 1.11. The molecule has 0 heterocycles. The minimum atomic E-state index is -0.212. The Morgan fingerprint density at radius 2 is 2.31 bits per heavy atom. The summed E-state index contributed by atoms with van der Waals surface area (Å²) in [5.41, 5.74) is 6.15. The van der Waals surface area contributed by atoms with Crippen molar-refractivity contribution in [3.05, 3.63) is 24.3 Å². The minimum absolute atomic E-state index is 0.0467. The second-order valence-corrected chi connectivity index (χ2v) is 3.29. The average Bonchev–Trinajstić information content (AvgIpc) is 2.27. The fourth-order valence-electron chi connectivity index (χ4n) is 1.11. The van der Waals surface area contributed by atoms with Crippen LogP contribution in [0, 0.1) is 0 Å². The van der Waals surface area contributed by atoms with E-state index >= 15 is 0 Å². The van der Waals surface area contributed by atoms with Crippen LogP contribution in [0.2, 0.25) is 0 Å². The number of ether oxygens (including phenoxy) is 1. The van der Waals surface area contributed by atoms with Gasteiger partial charge >= 0.3 is 0 Å². The summed E-state index contributed by atoms with van der Waals surface area (Å²) >= 11 is 0. The van der Waals surface area contributed by atoms with E-state index in [4.69, 9.17) is 15.6 Å². The zero-order valence-electron chi connectivity index (χ0n) is 8.98. The van der Waals surface area contributed by atoms with E-state index in [-0.39, 0.29) is 19.1 Å². The standard InChI is InChI=1S/C11H16N2O3/c12-9-3-1-4-10(7-9)16-8-11(15)13-5-2-6-14/h1,3-4,7,14H,2,5-6,8,12H2,(H,13,15). The number of rotatable bonds is 6. The zero-order chi connectivity index (χ0) is 11.8. The van der Waals surface area contributed by atoms with Crippen molar-refractivity contribution in [1.82, 2.24) is 5.32 Å². The van der Waals surface area contributed by atoms with Crippen molar-refractivity contribution in [2.24, 2.45) is 0 Å². The Morgan fingerprint density at radius 3 is 3.00 bits per heavy atom. The van der Waals surface area contributed by atoms with Crippen LogP contribution in [-0.4, -0.2) is 30.8 Å². The van der Waals surface area contributed by atoms with Gasteiger partial charge in [-0.2, -0.15) is 0 Å². The van der Waals surface area contributed by atoms with Crippen LogP contribution in [0.1, 0.15) is 6.42 Å². The molecule has 0 spiro atoms. The van der Waals surface area contributed by atoms with E-state index < -0.39 is 0 Å². The summed E-state index contributed by atoms with van der Waals surface area (Å²) in [6, 6.07) is 6.89. The van der Waals surface area contributed by atoms with Crippen molar-refractivity contribution in [3.63, 3.8) is 0 Å². The van der Waals surface area contributed by atoms with Gasteiger partial charge in [-0.25, -0.2) is 0 Å². The lowest BCUT2D eigenvalue weighted by atomic mass is 10.3. The van der Waals surface area contributed by atoms with E-state index in [2.05, 4.69) is 5.32 Å². The van der Waals surface area contributed by atoms with Crippen molar-refractivity contribution >= 4 is 11.6 Å². The first-order valence-electron chi connectivity index (χ1n) is 5.08. The third kappa shape index (κ3) is 4.65. The maximum atomic E-state index is 11.2. The van der Waals surface area contributed by atoms with Gasteiger partial charge in [0.15, 0.2) is 6.61 Å². The monoisotopic (exact) mass is 224 g/mol. The normalized spacial score (nSPS) is 9.81. The van der Waals surface area contributed by atoms with Crippen LogP contribution in [0.4, 0.5) is 5.69 Å². The smallest absolute Gasteiger partial charge is 0.257 e. The molecule has 0 aliphatic rings. The van der Waals surface area contributed by atoms with Gasteiger partial charge in [0.1, 0.15) is 5.75 Å². The molecular formula is C11H16N2O3. The molecular weight excluding hydrogens is 208 g/mol. The highest BCUT2D eigenvalue weighted by Crippen LogP contribution is 2.13. The van der Waals surface area contributed by atoms with Crippen LogP contribution in [0.25, 0.3) is 0 Å². The minimum Gasteiger partial charge on any atom is -0.484 e. The van der Waals surface area contributed by atoms with Gasteiger partial charge in [-0.1, -0.05) is 6.07 Å². The van der Waals surface area contributed by atoms with E-state index in [1.165, 1.54) is 0 Å². The lowest BCUT2D eigenvalue weighted by Gasteiger charge is -2.07. The number of hydrogen-bond donors (Lipinski definition) is 3. The van der Waals surface area contributed by atoms with E-state index in [0.717, 1.165) is 0 Å². The molecule has 1 amide bonds. The Hall–Kier alpha value is -1.75. The molecule has 5 nitrogen and oxygen atoms in total. The van der Waals surface area contributed by atoms with E-state index in [0.29, 0.717) is 24.4 Å². The van der Waals surface area contributed by atoms with Crippen LogP contribution < -0.4 is 15.8 Å². The number of hydrogen-bond acceptors (Lipinski definition) is 4. The van der Waals surface area contributed by atoms with Crippen molar-refractivity contribution in [2.45, 2.75) is 6.42 Å². The van der Waals surface area contributed by atoms with Crippen LogP contribution in [0.15, 0.2) is 24.3 Å². The molecule has 0 aliphatic carbocycles. The lowest BCUT2D eigenvalue weighted by molar-refractivity contribution is -0.123. The molecule has 5 heteroatoms. The summed E-state index contributed by atoms with van der Waals surface area (Å²) < 4.78 is 5.22. The zero-order valence-corrected chi connectivity index (χ0v) is 8.98. The first-order valence-corrected chi connectivity index (χ1v) is 5.08. The number of nitrogens with one attached hydrogen (secondary N) is 1. The predicted molar refractivity (Wildman–Crippen MR) is 61.1 cm³/mol. The van der Waals surface area contributed by atoms with Crippen molar-refractivity contribution < 1.29 is 14.6 Å². The van der Waals surface area contributed by atoms with Crippen LogP contribution in [0.3, 0.4) is 0 Å². The molecule has 0 radical (unpaired) electrons. The van der Waals surface area contributed by atoms with Gasteiger partial charge in [-0.3, -0.25) is 4.79 Å². The molecule has 88 valence electrons. The van der Waals surface area contributed by atoms with Gasteiger partial charge < -0.3 is 20.9 Å². The average molecular weight is 224 g/mol. The predicted octanol–water partition coefficient (Wildman–Crippen LogP) is 0.146. The molecule has 0 atom stereocenters. The molecule has 1 aromatic rings. The number of aliphatic hydroxyl groups is 1. The molecule has 0 unspecified atom stereocenters. The van der Waals surface area contributed by atoms with Crippen LogP contribution in [0.5, 0.6) is 5.75 Å². The number of aliphatic hydroxyl groups excluding tert-OH is 1. The van der Waals surface area contributed by atoms with E-state index in [9.17, 15) is 4.79 Å². The molecule has 1 aromatic carbocycles. The maximum Gasteiger partial charge on any atom is 0.257 e. The van der Waals surface area contributed by atoms with Crippen molar-refractivity contribution in [1.29, 1.82) is 0 Å². The fraction of sp³-hybridized carbons (Fsp3) is 0.364. The van der Waals surface area contributed by atoms with Gasteiger partial charge in [-0.15, -0.1) is 0 Å². The summed E-state index contributed by atoms with van der Waals surface area (Å²) in [6.45, 7) is 0.473. The van der Waals surface area contributed by atoms with Gasteiger partial charge in [0.25, 0.3) is 5.91 Å². The first-order chi connectivity index (χ1) is 7.72. The summed E-state index contributed by atoms with van der Waals surface area (Å²) in [4.78, 5) is 11.2. The second-order valence-electron chi connectivity index (χ2n) is 3.29. The molecule has 4 N–H and O–H groups in total. The highest BCUT2D eigenvalue weighted by Gasteiger charge is 2.01. The summed E-state index contributed by atoms with van der Waals surface area (Å²) in [7, 11) is 0. The molecule has 0 saturated carbocycles. The van der Waals surface area contributed by atoms with Crippen LogP contribution >= 0.6 is 0 Å². The topological polar surface area (TPSA) is 84.6 Å². The number of anilines is 1. The highest BCUT2D eigenvalue weighted by molar-refractivity contribution is 5.77. The number of carbonyl (C=O) groups is 1. The van der Waals surface area contributed by atoms with Gasteiger partial charge in [-0.05, 0) is 18.6 Å². The molecule has 0 aliphatic heterocycles. The number of carbonyl (C=O) groups excluding carboxylic acids is 1. The third-order valence-electron chi connectivity index (χ3n) is 1.89. The van der Waals surface area contributed by atoms with Crippen molar-refractivity contribution in [3.8, 4) is 5.75 Å². The Balaban J connectivity index is 2.26. The number of nitrogen functional groups attached to an aromatic ring is 1. The van der Waals surface area contributed by atoms with Crippen LogP contribution in [-0.2, 0) is 4.79 Å². The Morgan fingerprint density at radius 1 is 1.50 bits per heavy atom. The summed E-state index contributed by atoms with van der Waals surface area (Å²) in [5, 5.41) is 11.1. The molecule has 0 saturated heterocycles. The van der Waals surface area contributed by atoms with Gasteiger partial charge in [0, 0.05) is 24.9 Å². The molecule has 0 bridgehead atoms. The van der Waals surface area contributed by atoms with E-state index in [1.807, 2.05) is 0 Å². The number of benzene rings is 1. The highest BCUT2D eigenvalue weighted by atomic mass is 16.5. The number of nitrogens with two attached hydrogens (primary N) is 1. The Kier molecular flexibility index (Phi) is 5.15. The van der Waals surface area contributed by atoms with Gasteiger partial charge in [0.05, 0.1) is 0 Å². The second kappa shape index (κ2) is 6.68. The number of amides is 1.